The van der Waals surface area contributed by atoms with Crippen molar-refractivity contribution < 1.29 is 19.4 Å². The maximum absolute atomic E-state index is 12.5. The fourth-order valence-electron chi connectivity index (χ4n) is 7.99. The second-order valence-electron chi connectivity index (χ2n) is 14.4. The van der Waals surface area contributed by atoms with Crippen molar-refractivity contribution in [2.45, 2.75) is 140 Å². The smallest absolute Gasteiger partial charge is 0.410 e. The molecule has 7 nitrogen and oxygen atoms in total. The van der Waals surface area contributed by atoms with Gasteiger partial charge in [0.1, 0.15) is 5.60 Å². The van der Waals surface area contributed by atoms with Gasteiger partial charge < -0.3 is 25.0 Å². The summed E-state index contributed by atoms with van der Waals surface area (Å²) in [6, 6.07) is 21.8. The average Bonchev–Trinajstić information content (AvgIpc) is 3.44. The molecule has 2 N–H and O–H groups in total. The summed E-state index contributed by atoms with van der Waals surface area (Å²) in [5, 5.41) is 14.2. The number of nitrogens with zero attached hydrogens (tertiary/aromatic N) is 2. The van der Waals surface area contributed by atoms with E-state index in [2.05, 4.69) is 47.5 Å². The summed E-state index contributed by atoms with van der Waals surface area (Å²) in [4.78, 5) is 28.9. The van der Waals surface area contributed by atoms with E-state index in [1.807, 2.05) is 56.0 Å². The van der Waals surface area contributed by atoms with Crippen molar-refractivity contribution in [2.75, 3.05) is 6.54 Å². The SMILES string of the molecule is CC(C)(C)OC(=O)N1C2CCC1CC(O)(c1ccccc1)C2.CCCCCNC(=O)N1C2CCC1CC(c1ccccc1)C2. The quantitative estimate of drug-likeness (QED) is 0.331. The Balaban J connectivity index is 0.000000175. The number of carbonyl (C=O) groups excluding carboxylic acids is 2. The largest absolute Gasteiger partial charge is 0.444 e. The Kier molecular flexibility index (Phi) is 10.2. The first-order valence-corrected chi connectivity index (χ1v) is 17.0. The molecular weight excluding hydrogens is 550 g/mol. The van der Waals surface area contributed by atoms with E-state index in [-0.39, 0.29) is 24.2 Å². The second kappa shape index (κ2) is 13.9. The summed E-state index contributed by atoms with van der Waals surface area (Å²) in [7, 11) is 0. The molecule has 4 aliphatic rings. The van der Waals surface area contributed by atoms with Crippen LogP contribution < -0.4 is 5.32 Å². The molecule has 6 rings (SSSR count). The number of piperidine rings is 2. The molecule has 0 aromatic heterocycles. The highest BCUT2D eigenvalue weighted by Crippen LogP contribution is 2.46. The van der Waals surface area contributed by atoms with Crippen molar-refractivity contribution in [3.63, 3.8) is 0 Å². The van der Waals surface area contributed by atoms with Crippen LogP contribution >= 0.6 is 0 Å². The van der Waals surface area contributed by atoms with Gasteiger partial charge >= 0.3 is 12.1 Å². The number of rotatable bonds is 6. The lowest BCUT2D eigenvalue weighted by molar-refractivity contribution is -0.0624. The number of amides is 3. The second-order valence-corrected chi connectivity index (χ2v) is 14.4. The zero-order chi connectivity index (χ0) is 31.3. The number of carbonyl (C=O) groups is 2. The minimum Gasteiger partial charge on any atom is -0.444 e. The van der Waals surface area contributed by atoms with E-state index in [1.165, 1.54) is 31.2 Å². The van der Waals surface area contributed by atoms with Gasteiger partial charge in [0.2, 0.25) is 0 Å². The predicted molar refractivity (Wildman–Crippen MR) is 174 cm³/mol. The molecule has 4 heterocycles. The van der Waals surface area contributed by atoms with Crippen molar-refractivity contribution in [1.82, 2.24) is 15.1 Å². The molecule has 0 radical (unpaired) electrons. The van der Waals surface area contributed by atoms with E-state index in [0.717, 1.165) is 44.2 Å². The fourth-order valence-corrected chi connectivity index (χ4v) is 7.99. The van der Waals surface area contributed by atoms with Crippen LogP contribution in [0.1, 0.15) is 115 Å². The Bertz CT molecular complexity index is 1200. The first-order chi connectivity index (χ1) is 21.1. The average molecular weight is 604 g/mol. The molecule has 3 amide bonds. The summed E-state index contributed by atoms with van der Waals surface area (Å²) < 4.78 is 5.54. The number of benzene rings is 2. The maximum Gasteiger partial charge on any atom is 0.410 e. The molecule has 4 unspecified atom stereocenters. The minimum atomic E-state index is -0.828. The Morgan fingerprint density at radius 3 is 1.93 bits per heavy atom. The summed E-state index contributed by atoms with van der Waals surface area (Å²) >= 11 is 0. The molecule has 7 heteroatoms. The monoisotopic (exact) mass is 603 g/mol. The topological polar surface area (TPSA) is 82.1 Å². The van der Waals surface area contributed by atoms with Gasteiger partial charge in [-0.25, -0.2) is 9.59 Å². The van der Waals surface area contributed by atoms with Crippen molar-refractivity contribution in [3.05, 3.63) is 71.8 Å². The number of hydrogen-bond donors (Lipinski definition) is 2. The first kappa shape index (κ1) is 32.3. The molecule has 4 saturated heterocycles. The lowest BCUT2D eigenvalue weighted by Gasteiger charge is -2.44. The van der Waals surface area contributed by atoms with E-state index in [1.54, 1.807) is 0 Å². The third kappa shape index (κ3) is 7.59. The highest BCUT2D eigenvalue weighted by molar-refractivity contribution is 5.75. The molecule has 44 heavy (non-hydrogen) atoms. The van der Waals surface area contributed by atoms with E-state index in [9.17, 15) is 14.7 Å². The van der Waals surface area contributed by atoms with Crippen molar-refractivity contribution >= 4 is 12.1 Å². The van der Waals surface area contributed by atoms with Crippen LogP contribution in [0.2, 0.25) is 0 Å². The summed E-state index contributed by atoms with van der Waals surface area (Å²) in [6.07, 6.45) is 10.9. The van der Waals surface area contributed by atoms with Crippen LogP contribution in [-0.4, -0.2) is 63.3 Å². The van der Waals surface area contributed by atoms with Gasteiger partial charge in [-0.1, -0.05) is 80.4 Å². The summed E-state index contributed by atoms with van der Waals surface area (Å²) in [5.74, 6) is 0.628. The van der Waals surface area contributed by atoms with Crippen LogP contribution in [0.4, 0.5) is 9.59 Å². The minimum absolute atomic E-state index is 0.0683. The van der Waals surface area contributed by atoms with E-state index in [4.69, 9.17) is 4.74 Å². The number of nitrogens with one attached hydrogen (secondary N) is 1. The number of fused-ring (bicyclic) bond motifs is 4. The lowest BCUT2D eigenvalue weighted by atomic mass is 9.81. The Morgan fingerprint density at radius 1 is 0.841 bits per heavy atom. The van der Waals surface area contributed by atoms with Gasteiger partial charge in [-0.15, -0.1) is 0 Å². The molecule has 4 bridgehead atoms. The van der Waals surface area contributed by atoms with Crippen LogP contribution in [-0.2, 0) is 10.3 Å². The number of unbranched alkanes of at least 4 members (excludes halogenated alkanes) is 2. The number of urea groups is 1. The van der Waals surface area contributed by atoms with Crippen LogP contribution in [0, 0.1) is 0 Å². The molecule has 2 aromatic rings. The van der Waals surface area contributed by atoms with Gasteiger partial charge in [0, 0.05) is 43.6 Å². The Hall–Kier alpha value is -3.06. The van der Waals surface area contributed by atoms with Crippen LogP contribution in [0.5, 0.6) is 0 Å². The molecule has 0 spiro atoms. The number of hydrogen-bond acceptors (Lipinski definition) is 4. The van der Waals surface area contributed by atoms with Crippen LogP contribution in [0.15, 0.2) is 60.7 Å². The molecular formula is C37H53N3O4. The molecule has 240 valence electrons. The summed E-state index contributed by atoms with van der Waals surface area (Å²) in [6.45, 7) is 8.67. The van der Waals surface area contributed by atoms with E-state index < -0.39 is 11.2 Å². The number of ether oxygens (including phenoxy) is 1. The summed E-state index contributed by atoms with van der Waals surface area (Å²) in [5.41, 5.74) is 1.09. The fraction of sp³-hybridized carbons (Fsp3) is 0.622. The zero-order valence-corrected chi connectivity index (χ0v) is 27.2. The third-order valence-electron chi connectivity index (χ3n) is 9.98. The van der Waals surface area contributed by atoms with Crippen molar-refractivity contribution in [3.8, 4) is 0 Å². The lowest BCUT2D eigenvalue weighted by Crippen LogP contribution is -2.53. The predicted octanol–water partition coefficient (Wildman–Crippen LogP) is 7.73. The highest BCUT2D eigenvalue weighted by atomic mass is 16.6. The first-order valence-electron chi connectivity index (χ1n) is 17.0. The Labute approximate surface area is 264 Å². The molecule has 2 aromatic carbocycles. The molecule has 4 aliphatic heterocycles. The van der Waals surface area contributed by atoms with Crippen LogP contribution in [0.25, 0.3) is 0 Å². The van der Waals surface area contributed by atoms with Gasteiger partial charge in [-0.05, 0) is 82.8 Å². The number of aliphatic hydroxyl groups is 1. The molecule has 4 atom stereocenters. The van der Waals surface area contributed by atoms with Gasteiger partial charge in [0.25, 0.3) is 0 Å². The van der Waals surface area contributed by atoms with Crippen LogP contribution in [0.3, 0.4) is 0 Å². The standard InChI is InChI=1S/C19H28N2O.C18H25NO3/c1-2-3-7-12-20-19(22)21-17-10-11-18(21)14-16(13-17)15-8-5-4-6-9-15;1-17(2,3)22-16(20)19-14-9-10-15(19)12-18(21,11-14)13-7-5-4-6-8-13/h4-6,8-9,16-18H,2-3,7,10-14H2,1H3,(H,20,22);4-8,14-15,21H,9-12H2,1-3H3. The molecule has 4 fully saturated rings. The zero-order valence-electron chi connectivity index (χ0n) is 27.2. The van der Waals surface area contributed by atoms with E-state index in [0.29, 0.717) is 30.8 Å². The van der Waals surface area contributed by atoms with Crippen molar-refractivity contribution in [1.29, 1.82) is 0 Å². The van der Waals surface area contributed by atoms with E-state index >= 15 is 0 Å². The van der Waals surface area contributed by atoms with Gasteiger partial charge in [0.15, 0.2) is 0 Å². The maximum atomic E-state index is 12.5. The Morgan fingerprint density at radius 2 is 1.39 bits per heavy atom. The highest BCUT2D eigenvalue weighted by Gasteiger charge is 2.51. The normalized spacial score (nSPS) is 29.1. The molecule has 0 saturated carbocycles. The van der Waals surface area contributed by atoms with Gasteiger partial charge in [-0.3, -0.25) is 0 Å². The van der Waals surface area contributed by atoms with Gasteiger partial charge in [0.05, 0.1) is 5.60 Å². The van der Waals surface area contributed by atoms with Crippen molar-refractivity contribution in [2.24, 2.45) is 0 Å². The molecule has 0 aliphatic carbocycles. The van der Waals surface area contributed by atoms with Gasteiger partial charge in [-0.2, -0.15) is 0 Å². The third-order valence-corrected chi connectivity index (χ3v) is 9.98.